The highest BCUT2D eigenvalue weighted by Crippen LogP contribution is 2.33. The first-order valence-corrected chi connectivity index (χ1v) is 9.01. The second-order valence-corrected chi connectivity index (χ2v) is 6.67. The van der Waals surface area contributed by atoms with Crippen molar-refractivity contribution in [1.29, 1.82) is 5.26 Å². The molecule has 0 saturated heterocycles. The van der Waals surface area contributed by atoms with Crippen LogP contribution in [0.3, 0.4) is 0 Å². The van der Waals surface area contributed by atoms with Crippen LogP contribution in [0.1, 0.15) is 55.2 Å². The molecule has 2 aromatic rings. The fraction of sp³-hybridized carbons (Fsp3) is 0.381. The highest BCUT2D eigenvalue weighted by Gasteiger charge is 2.15. The van der Waals surface area contributed by atoms with Crippen LogP contribution < -0.4 is 15.8 Å². The van der Waals surface area contributed by atoms with Crippen LogP contribution in [0.5, 0.6) is 11.5 Å². The van der Waals surface area contributed by atoms with E-state index in [1.54, 1.807) is 0 Å². The third-order valence-corrected chi connectivity index (χ3v) is 4.90. The van der Waals surface area contributed by atoms with E-state index in [0.29, 0.717) is 12.5 Å². The van der Waals surface area contributed by atoms with Crippen LogP contribution in [0.25, 0.3) is 0 Å². The number of rotatable bonds is 6. The minimum absolute atomic E-state index is 0.205. The van der Waals surface area contributed by atoms with Gasteiger partial charge in [0.25, 0.3) is 0 Å². The maximum absolute atomic E-state index is 8.54. The maximum Gasteiger partial charge on any atom is 0.176 e. The van der Waals surface area contributed by atoms with Gasteiger partial charge >= 0.3 is 0 Å². The minimum atomic E-state index is -0.205. The van der Waals surface area contributed by atoms with Gasteiger partial charge in [0.1, 0.15) is 11.5 Å². The summed E-state index contributed by atoms with van der Waals surface area (Å²) in [4.78, 5) is 0. The number of nitriles is 1. The molecule has 1 aliphatic carbocycles. The van der Waals surface area contributed by atoms with Gasteiger partial charge in [0, 0.05) is 12.6 Å². The van der Waals surface area contributed by atoms with Crippen LogP contribution in [0.2, 0.25) is 0 Å². The molecule has 0 aliphatic heterocycles. The molecule has 1 unspecified atom stereocenters. The number of hydrogen-bond acceptors (Lipinski definition) is 4. The number of ether oxygens (including phenoxy) is 1. The number of nitrogens with one attached hydrogen (secondary N) is 1. The van der Waals surface area contributed by atoms with Gasteiger partial charge in [-0.25, -0.2) is 0 Å². The molecule has 0 amide bonds. The van der Waals surface area contributed by atoms with E-state index in [2.05, 4.69) is 29.6 Å². The normalized spacial score (nSPS) is 16.0. The fourth-order valence-electron chi connectivity index (χ4n) is 3.44. The monoisotopic (exact) mass is 335 g/mol. The van der Waals surface area contributed by atoms with Crippen molar-refractivity contribution in [3.05, 3.63) is 59.7 Å². The molecule has 0 spiro atoms. The van der Waals surface area contributed by atoms with E-state index in [-0.39, 0.29) is 6.04 Å². The van der Waals surface area contributed by atoms with Gasteiger partial charge in [0.2, 0.25) is 0 Å². The number of nitrogens with zero attached hydrogens (tertiary/aromatic N) is 1. The van der Waals surface area contributed by atoms with Crippen LogP contribution in [-0.4, -0.2) is 6.54 Å². The molecule has 0 heterocycles. The number of hydrogen-bond donors (Lipinski definition) is 2. The predicted octanol–water partition coefficient (Wildman–Crippen LogP) is 4.60. The van der Waals surface area contributed by atoms with Crippen molar-refractivity contribution >= 4 is 0 Å². The molecule has 4 heteroatoms. The average molecular weight is 335 g/mol. The van der Waals surface area contributed by atoms with Crippen LogP contribution in [0.15, 0.2) is 48.5 Å². The van der Waals surface area contributed by atoms with Crippen LogP contribution in [-0.2, 0) is 0 Å². The third-order valence-electron chi connectivity index (χ3n) is 4.90. The van der Waals surface area contributed by atoms with E-state index < -0.39 is 0 Å². The lowest BCUT2D eigenvalue weighted by Gasteiger charge is -2.22. The molecule has 25 heavy (non-hydrogen) atoms. The summed E-state index contributed by atoms with van der Waals surface area (Å²) < 4.78 is 5.93. The van der Waals surface area contributed by atoms with E-state index in [1.165, 1.54) is 37.7 Å². The van der Waals surface area contributed by atoms with E-state index in [9.17, 15) is 0 Å². The Bertz CT molecular complexity index is 697. The van der Waals surface area contributed by atoms with Gasteiger partial charge in [-0.1, -0.05) is 43.5 Å². The Morgan fingerprint density at radius 3 is 2.20 bits per heavy atom. The summed E-state index contributed by atoms with van der Waals surface area (Å²) in [5, 5.41) is 11.1. The van der Waals surface area contributed by atoms with Gasteiger partial charge in [0.15, 0.2) is 6.19 Å². The lowest BCUT2D eigenvalue weighted by Crippen LogP contribution is -2.23. The van der Waals surface area contributed by atoms with Crippen molar-refractivity contribution in [2.24, 2.45) is 5.73 Å². The van der Waals surface area contributed by atoms with Crippen molar-refractivity contribution in [2.75, 3.05) is 6.54 Å². The van der Waals surface area contributed by atoms with Crippen LogP contribution in [0, 0.1) is 11.5 Å². The highest BCUT2D eigenvalue weighted by molar-refractivity contribution is 5.36. The summed E-state index contributed by atoms with van der Waals surface area (Å²) in [5.74, 6) is 2.35. The first-order valence-electron chi connectivity index (χ1n) is 9.01. The summed E-state index contributed by atoms with van der Waals surface area (Å²) in [5.41, 5.74) is 8.42. The Labute approximate surface area is 149 Å². The first-order chi connectivity index (χ1) is 12.3. The van der Waals surface area contributed by atoms with Crippen LogP contribution >= 0.6 is 0 Å². The Morgan fingerprint density at radius 2 is 1.60 bits per heavy atom. The number of benzene rings is 2. The molecule has 1 saturated carbocycles. The van der Waals surface area contributed by atoms with Crippen LogP contribution in [0.4, 0.5) is 0 Å². The van der Waals surface area contributed by atoms with E-state index >= 15 is 0 Å². The predicted molar refractivity (Wildman–Crippen MR) is 99.3 cm³/mol. The van der Waals surface area contributed by atoms with Crippen molar-refractivity contribution in [1.82, 2.24) is 5.32 Å². The molecule has 3 rings (SSSR count). The van der Waals surface area contributed by atoms with Crippen molar-refractivity contribution in [2.45, 2.75) is 44.1 Å². The lowest BCUT2D eigenvalue weighted by molar-refractivity contribution is 0.442. The Kier molecular flexibility index (Phi) is 5.92. The molecule has 4 nitrogen and oxygen atoms in total. The third kappa shape index (κ3) is 4.74. The van der Waals surface area contributed by atoms with E-state index in [1.807, 2.05) is 30.5 Å². The van der Waals surface area contributed by atoms with Gasteiger partial charge < -0.3 is 15.8 Å². The van der Waals surface area contributed by atoms with Gasteiger partial charge in [-0.05, 0) is 54.2 Å². The molecule has 2 aromatic carbocycles. The summed E-state index contributed by atoms with van der Waals surface area (Å²) in [6.07, 6.45) is 8.58. The zero-order valence-corrected chi connectivity index (χ0v) is 14.4. The van der Waals surface area contributed by atoms with E-state index in [4.69, 9.17) is 15.7 Å². The summed E-state index contributed by atoms with van der Waals surface area (Å²) in [6, 6.07) is 16.0. The van der Waals surface area contributed by atoms with Gasteiger partial charge in [-0.3, -0.25) is 0 Å². The lowest BCUT2D eigenvalue weighted by atomic mass is 9.84. The van der Waals surface area contributed by atoms with Crippen molar-refractivity contribution in [3.63, 3.8) is 0 Å². The minimum Gasteiger partial charge on any atom is -0.457 e. The largest absolute Gasteiger partial charge is 0.457 e. The van der Waals surface area contributed by atoms with E-state index in [0.717, 1.165) is 17.1 Å². The summed E-state index contributed by atoms with van der Waals surface area (Å²) >= 11 is 0. The SMILES string of the molecule is N#CNCC(N)c1ccc(Oc2ccc(C3CCCCC3)cc2)cc1. The Morgan fingerprint density at radius 1 is 1.00 bits per heavy atom. The smallest absolute Gasteiger partial charge is 0.176 e. The van der Waals surface area contributed by atoms with Crippen molar-refractivity contribution in [3.8, 4) is 17.7 Å². The molecule has 3 N–H and O–H groups in total. The summed E-state index contributed by atoms with van der Waals surface area (Å²) in [6.45, 7) is 0.430. The molecular weight excluding hydrogens is 310 g/mol. The zero-order chi connectivity index (χ0) is 17.5. The second kappa shape index (κ2) is 8.55. The maximum atomic E-state index is 8.54. The highest BCUT2D eigenvalue weighted by atomic mass is 16.5. The quantitative estimate of drug-likeness (QED) is 0.598. The molecule has 1 atom stereocenters. The van der Waals surface area contributed by atoms with Gasteiger partial charge in [-0.15, -0.1) is 0 Å². The fourth-order valence-corrected chi connectivity index (χ4v) is 3.44. The van der Waals surface area contributed by atoms with Crippen molar-refractivity contribution < 1.29 is 4.74 Å². The molecule has 0 bridgehead atoms. The summed E-state index contributed by atoms with van der Waals surface area (Å²) in [7, 11) is 0. The Hall–Kier alpha value is -2.51. The van der Waals surface area contributed by atoms with Gasteiger partial charge in [-0.2, -0.15) is 5.26 Å². The standard InChI is InChI=1S/C21H25N3O/c22-15-24-14-21(23)18-8-12-20(13-9-18)25-19-10-6-17(7-11-19)16-4-2-1-3-5-16/h6-13,16,21,24H,1-5,14,23H2. The Balaban J connectivity index is 1.59. The molecular formula is C21H25N3O. The second-order valence-electron chi connectivity index (χ2n) is 6.67. The molecule has 0 aromatic heterocycles. The number of nitrogens with two attached hydrogens (primary N) is 1. The molecule has 1 fully saturated rings. The molecule has 0 radical (unpaired) electrons. The zero-order valence-electron chi connectivity index (χ0n) is 14.4. The molecule has 130 valence electrons. The average Bonchev–Trinajstić information content (AvgIpc) is 2.68. The topological polar surface area (TPSA) is 71.1 Å². The molecule has 1 aliphatic rings. The van der Waals surface area contributed by atoms with Gasteiger partial charge in [0.05, 0.1) is 0 Å². The first kappa shape index (κ1) is 17.3.